The number of fused-ring (bicyclic) bond motifs is 1. The molecule has 2 rings (SSSR count). The Balaban J connectivity index is 2.38. The number of ether oxygens (including phenoxy) is 3. The molecule has 1 aromatic heterocycles. The summed E-state index contributed by atoms with van der Waals surface area (Å²) in [5.41, 5.74) is 2.40. The second kappa shape index (κ2) is 13.6. The van der Waals surface area contributed by atoms with Gasteiger partial charge in [0, 0.05) is 0 Å². The Kier molecular flexibility index (Phi) is 10.8. The molecule has 0 atom stereocenters. The lowest BCUT2D eigenvalue weighted by molar-refractivity contribution is 0.242. The Hall–Kier alpha value is -2.95. The Morgan fingerprint density at radius 3 is 2.52 bits per heavy atom. The molecule has 0 fully saturated rings. The maximum absolute atomic E-state index is 12.8. The van der Waals surface area contributed by atoms with Crippen LogP contribution in [0.2, 0.25) is 0 Å². The molecule has 0 saturated heterocycles. The molecule has 0 bridgehead atoms. The Bertz CT molecular complexity index is 1040. The van der Waals surface area contributed by atoms with Gasteiger partial charge in [-0.25, -0.2) is 4.79 Å². The molecule has 2 aromatic rings. The summed E-state index contributed by atoms with van der Waals surface area (Å²) in [4.78, 5) is 12.8. The molecule has 5 nitrogen and oxygen atoms in total. The summed E-state index contributed by atoms with van der Waals surface area (Å²) in [6.45, 7) is 12.9. The van der Waals surface area contributed by atoms with Gasteiger partial charge in [0.15, 0.2) is 5.75 Å². The molecule has 0 unspecified atom stereocenters. The van der Waals surface area contributed by atoms with Crippen molar-refractivity contribution in [2.75, 3.05) is 13.2 Å². The zero-order chi connectivity index (χ0) is 24.2. The minimum absolute atomic E-state index is 0.0452. The van der Waals surface area contributed by atoms with Crippen LogP contribution in [0.3, 0.4) is 0 Å². The van der Waals surface area contributed by atoms with Gasteiger partial charge in [-0.1, -0.05) is 42.4 Å². The van der Waals surface area contributed by atoms with E-state index in [-0.39, 0.29) is 11.9 Å². The predicted molar refractivity (Wildman–Crippen MR) is 136 cm³/mol. The van der Waals surface area contributed by atoms with Crippen LogP contribution in [0.1, 0.15) is 67.2 Å². The van der Waals surface area contributed by atoms with E-state index in [0.29, 0.717) is 42.1 Å². The van der Waals surface area contributed by atoms with Crippen LogP contribution in [0, 0.1) is 0 Å². The van der Waals surface area contributed by atoms with E-state index >= 15 is 0 Å². The summed E-state index contributed by atoms with van der Waals surface area (Å²) in [6.07, 6.45) is 11.9. The third-order valence-corrected chi connectivity index (χ3v) is 4.86. The fraction of sp³-hybridized carbons (Fsp3) is 0.464. The molecule has 0 aliphatic rings. The van der Waals surface area contributed by atoms with Gasteiger partial charge in [0.25, 0.3) is 0 Å². The first-order chi connectivity index (χ1) is 15.8. The van der Waals surface area contributed by atoms with E-state index in [1.807, 2.05) is 32.1 Å². The van der Waals surface area contributed by atoms with E-state index in [2.05, 4.69) is 39.8 Å². The van der Waals surface area contributed by atoms with Crippen molar-refractivity contribution in [3.8, 4) is 17.2 Å². The van der Waals surface area contributed by atoms with Gasteiger partial charge in [0.05, 0.1) is 12.7 Å². The van der Waals surface area contributed by atoms with E-state index in [0.717, 1.165) is 19.3 Å². The predicted octanol–water partition coefficient (Wildman–Crippen LogP) is 7.39. The molecular weight excluding hydrogens is 416 g/mol. The van der Waals surface area contributed by atoms with Crippen LogP contribution in [-0.4, -0.2) is 19.3 Å². The van der Waals surface area contributed by atoms with Crippen LogP contribution in [-0.2, 0) is 0 Å². The van der Waals surface area contributed by atoms with Crippen LogP contribution in [0.15, 0.2) is 62.9 Å². The molecule has 0 saturated carbocycles. The molecule has 180 valence electrons. The molecule has 0 radical (unpaired) electrons. The van der Waals surface area contributed by atoms with E-state index in [9.17, 15) is 4.79 Å². The van der Waals surface area contributed by atoms with E-state index in [1.54, 1.807) is 12.1 Å². The molecule has 1 aromatic carbocycles. The van der Waals surface area contributed by atoms with Crippen LogP contribution in [0.4, 0.5) is 0 Å². The molecule has 0 amide bonds. The Labute approximate surface area is 197 Å². The van der Waals surface area contributed by atoms with Crippen molar-refractivity contribution in [3.05, 3.63) is 64.1 Å². The smallest absolute Gasteiger partial charge is 0.383 e. The average molecular weight is 455 g/mol. The van der Waals surface area contributed by atoms with E-state index in [4.69, 9.17) is 18.6 Å². The van der Waals surface area contributed by atoms with Crippen LogP contribution >= 0.6 is 0 Å². The van der Waals surface area contributed by atoms with Crippen molar-refractivity contribution in [1.82, 2.24) is 0 Å². The van der Waals surface area contributed by atoms with Gasteiger partial charge in [-0.15, -0.1) is 0 Å². The molecule has 0 spiro atoms. The van der Waals surface area contributed by atoms with Gasteiger partial charge in [-0.3, -0.25) is 0 Å². The fourth-order valence-corrected chi connectivity index (χ4v) is 3.26. The molecule has 5 heteroatoms. The monoisotopic (exact) mass is 454 g/mol. The molecule has 0 N–H and O–H groups in total. The lowest BCUT2D eigenvalue weighted by Crippen LogP contribution is -2.12. The normalized spacial score (nSPS) is 11.9. The average Bonchev–Trinajstić information content (AvgIpc) is 2.74. The highest BCUT2D eigenvalue weighted by Crippen LogP contribution is 2.39. The molecular formula is C28H38O5. The van der Waals surface area contributed by atoms with Crippen molar-refractivity contribution in [1.29, 1.82) is 0 Å². The highest BCUT2D eigenvalue weighted by Gasteiger charge is 2.21. The molecule has 33 heavy (non-hydrogen) atoms. The van der Waals surface area contributed by atoms with Gasteiger partial charge in [-0.05, 0) is 78.5 Å². The quantitative estimate of drug-likeness (QED) is 0.179. The van der Waals surface area contributed by atoms with Gasteiger partial charge in [0.2, 0.25) is 5.75 Å². The number of hydrogen-bond acceptors (Lipinski definition) is 5. The first kappa shape index (κ1) is 26.3. The minimum atomic E-state index is -0.553. The summed E-state index contributed by atoms with van der Waals surface area (Å²) in [5, 5.41) is 0.612. The van der Waals surface area contributed by atoms with Gasteiger partial charge in [-0.2, -0.15) is 0 Å². The highest BCUT2D eigenvalue weighted by molar-refractivity contribution is 5.91. The summed E-state index contributed by atoms with van der Waals surface area (Å²) in [5.74, 6) is 1.05. The second-order valence-electron chi connectivity index (χ2n) is 8.54. The van der Waals surface area contributed by atoms with E-state index < -0.39 is 5.63 Å². The Morgan fingerprint density at radius 2 is 1.82 bits per heavy atom. The Morgan fingerprint density at radius 1 is 1.03 bits per heavy atom. The standard InChI is InChI=1S/C28H38O5/c1-7-8-9-10-18-30-27-26(31-19-17-22(6)14-11-13-20(2)3)25-23(32-21(4)5)15-12-16-24(25)33-28(27)29/h8-9,12-13,15-17,21H,7,10-11,14,18-19H2,1-6H3. The minimum Gasteiger partial charge on any atom is -0.490 e. The third-order valence-electron chi connectivity index (χ3n) is 4.86. The zero-order valence-corrected chi connectivity index (χ0v) is 20.9. The number of hydrogen-bond donors (Lipinski definition) is 0. The summed E-state index contributed by atoms with van der Waals surface area (Å²) in [7, 11) is 0. The number of allylic oxidation sites excluding steroid dienone is 4. The van der Waals surface area contributed by atoms with Crippen molar-refractivity contribution in [3.63, 3.8) is 0 Å². The first-order valence-corrected chi connectivity index (χ1v) is 11.8. The maximum Gasteiger partial charge on any atom is 0.383 e. The lowest BCUT2D eigenvalue weighted by atomic mass is 10.1. The van der Waals surface area contributed by atoms with Gasteiger partial charge in [0.1, 0.15) is 23.3 Å². The van der Waals surface area contributed by atoms with Crippen molar-refractivity contribution < 1.29 is 18.6 Å². The maximum atomic E-state index is 12.8. The van der Waals surface area contributed by atoms with Crippen LogP contribution in [0.5, 0.6) is 17.2 Å². The first-order valence-electron chi connectivity index (χ1n) is 11.8. The van der Waals surface area contributed by atoms with Crippen LogP contribution < -0.4 is 19.8 Å². The summed E-state index contributed by atoms with van der Waals surface area (Å²) >= 11 is 0. The van der Waals surface area contributed by atoms with Crippen LogP contribution in [0.25, 0.3) is 11.0 Å². The van der Waals surface area contributed by atoms with Crippen molar-refractivity contribution in [2.24, 2.45) is 0 Å². The number of rotatable bonds is 13. The van der Waals surface area contributed by atoms with E-state index in [1.165, 1.54) is 11.1 Å². The highest BCUT2D eigenvalue weighted by atomic mass is 16.5. The zero-order valence-electron chi connectivity index (χ0n) is 20.9. The fourth-order valence-electron chi connectivity index (χ4n) is 3.26. The number of benzene rings is 1. The molecule has 1 heterocycles. The van der Waals surface area contributed by atoms with Crippen molar-refractivity contribution >= 4 is 11.0 Å². The molecule has 0 aliphatic heterocycles. The topological polar surface area (TPSA) is 57.9 Å². The lowest BCUT2D eigenvalue weighted by Gasteiger charge is -2.17. The third kappa shape index (κ3) is 8.49. The second-order valence-corrected chi connectivity index (χ2v) is 8.54. The van der Waals surface area contributed by atoms with Crippen molar-refractivity contribution in [2.45, 2.75) is 73.3 Å². The van der Waals surface area contributed by atoms with Gasteiger partial charge < -0.3 is 18.6 Å². The molecule has 0 aliphatic carbocycles. The van der Waals surface area contributed by atoms with Gasteiger partial charge >= 0.3 is 5.63 Å². The SMILES string of the molecule is CCC=CCCOc1c(OCC=C(C)CCC=C(C)C)c2c(OC(C)C)cccc2oc1=O. The largest absolute Gasteiger partial charge is 0.490 e. The summed E-state index contributed by atoms with van der Waals surface area (Å²) < 4.78 is 23.6. The summed E-state index contributed by atoms with van der Waals surface area (Å²) in [6, 6.07) is 5.39.